The molecule has 0 aliphatic rings. The van der Waals surface area contributed by atoms with E-state index in [0.717, 1.165) is 18.4 Å². The van der Waals surface area contributed by atoms with E-state index >= 15 is 0 Å². The van der Waals surface area contributed by atoms with Gasteiger partial charge in [0.2, 0.25) is 10.0 Å². The van der Waals surface area contributed by atoms with Crippen molar-refractivity contribution in [3.05, 3.63) is 23.8 Å². The smallest absolute Gasteiger partial charge is 0.241 e. The van der Waals surface area contributed by atoms with Crippen LogP contribution < -0.4 is 9.88 Å². The minimum Gasteiger partial charge on any atom is -0.492 e. The van der Waals surface area contributed by atoms with Gasteiger partial charge in [0.15, 0.2) is 0 Å². The highest BCUT2D eigenvalue weighted by Gasteiger charge is 2.16. The Labute approximate surface area is 109 Å². The highest BCUT2D eigenvalue weighted by molar-refractivity contribution is 7.89. The van der Waals surface area contributed by atoms with Gasteiger partial charge >= 0.3 is 0 Å². The molecule has 2 N–H and O–H groups in total. The molecule has 0 radical (unpaired) electrons. The maximum atomic E-state index is 11.6. The molecule has 0 spiro atoms. The van der Waals surface area contributed by atoms with E-state index in [2.05, 4.69) is 0 Å². The fourth-order valence-corrected chi connectivity index (χ4v) is 2.26. The number of nitrogens with two attached hydrogens (primary N) is 1. The zero-order valence-electron chi connectivity index (χ0n) is 11.1. The van der Waals surface area contributed by atoms with Crippen LogP contribution in [0.3, 0.4) is 0 Å². The summed E-state index contributed by atoms with van der Waals surface area (Å²) in [6, 6.07) is 5.16. The maximum absolute atomic E-state index is 11.6. The SMILES string of the molecule is CCCCOc1ccc(C(C)C)cc1S(N)(=O)=O. The molecule has 0 saturated heterocycles. The molecule has 0 aliphatic heterocycles. The first kappa shape index (κ1) is 15.0. The summed E-state index contributed by atoms with van der Waals surface area (Å²) in [6.07, 6.45) is 1.88. The van der Waals surface area contributed by atoms with Crippen LogP contribution in [-0.4, -0.2) is 15.0 Å². The van der Waals surface area contributed by atoms with Gasteiger partial charge in [-0.15, -0.1) is 0 Å². The molecule has 0 fully saturated rings. The van der Waals surface area contributed by atoms with Crippen LogP contribution in [0.2, 0.25) is 0 Å². The Bertz CT molecular complexity index is 495. The lowest BCUT2D eigenvalue weighted by Crippen LogP contribution is -2.15. The number of hydrogen-bond donors (Lipinski definition) is 1. The average molecular weight is 271 g/mol. The van der Waals surface area contributed by atoms with Crippen molar-refractivity contribution in [3.8, 4) is 5.75 Å². The van der Waals surface area contributed by atoms with Crippen molar-refractivity contribution in [1.29, 1.82) is 0 Å². The van der Waals surface area contributed by atoms with Crippen LogP contribution in [-0.2, 0) is 10.0 Å². The van der Waals surface area contributed by atoms with Gasteiger partial charge in [-0.3, -0.25) is 0 Å². The number of rotatable bonds is 6. The van der Waals surface area contributed by atoms with Gasteiger partial charge in [-0.25, -0.2) is 13.6 Å². The third kappa shape index (κ3) is 3.99. The van der Waals surface area contributed by atoms with Crippen LogP contribution in [0.15, 0.2) is 23.1 Å². The van der Waals surface area contributed by atoms with E-state index in [4.69, 9.17) is 9.88 Å². The largest absolute Gasteiger partial charge is 0.492 e. The first-order chi connectivity index (χ1) is 8.36. The Kier molecular flexibility index (Phi) is 5.16. The van der Waals surface area contributed by atoms with Crippen molar-refractivity contribution in [1.82, 2.24) is 0 Å². The topological polar surface area (TPSA) is 69.4 Å². The molecule has 0 heterocycles. The standard InChI is InChI=1S/C13H21NO3S/c1-4-5-8-17-12-7-6-11(10(2)3)9-13(12)18(14,15)16/h6-7,9-10H,4-5,8H2,1-3H3,(H2,14,15,16). The molecule has 18 heavy (non-hydrogen) atoms. The third-order valence-electron chi connectivity index (χ3n) is 2.70. The lowest BCUT2D eigenvalue weighted by molar-refractivity contribution is 0.301. The summed E-state index contributed by atoms with van der Waals surface area (Å²) in [4.78, 5) is 0.0739. The van der Waals surface area contributed by atoms with Gasteiger partial charge in [-0.2, -0.15) is 0 Å². The van der Waals surface area contributed by atoms with Crippen LogP contribution in [0.1, 0.15) is 45.1 Å². The fourth-order valence-electron chi connectivity index (χ4n) is 1.55. The molecule has 0 aliphatic carbocycles. The minimum absolute atomic E-state index is 0.0739. The summed E-state index contributed by atoms with van der Waals surface area (Å²) in [6.45, 7) is 6.55. The van der Waals surface area contributed by atoms with Gasteiger partial charge in [0.1, 0.15) is 10.6 Å². The second-order valence-electron chi connectivity index (χ2n) is 4.61. The Morgan fingerprint density at radius 2 is 2.00 bits per heavy atom. The van der Waals surface area contributed by atoms with Crippen molar-refractivity contribution < 1.29 is 13.2 Å². The van der Waals surface area contributed by atoms with Gasteiger partial charge in [0.25, 0.3) is 0 Å². The van der Waals surface area contributed by atoms with Crippen LogP contribution >= 0.6 is 0 Å². The van der Waals surface area contributed by atoms with E-state index in [9.17, 15) is 8.42 Å². The van der Waals surface area contributed by atoms with Gasteiger partial charge < -0.3 is 4.74 Å². The second-order valence-corrected chi connectivity index (χ2v) is 6.14. The van der Waals surface area contributed by atoms with E-state index in [1.807, 2.05) is 26.8 Å². The summed E-state index contributed by atoms with van der Waals surface area (Å²) < 4.78 is 28.6. The summed E-state index contributed by atoms with van der Waals surface area (Å²) in [5.41, 5.74) is 0.932. The molecule has 1 aromatic carbocycles. The number of ether oxygens (including phenoxy) is 1. The highest BCUT2D eigenvalue weighted by atomic mass is 32.2. The number of hydrogen-bond acceptors (Lipinski definition) is 3. The number of sulfonamides is 1. The summed E-state index contributed by atoms with van der Waals surface area (Å²) in [7, 11) is -3.75. The first-order valence-electron chi connectivity index (χ1n) is 6.15. The van der Waals surface area contributed by atoms with Crippen molar-refractivity contribution in [2.24, 2.45) is 5.14 Å². The van der Waals surface area contributed by atoms with Crippen molar-refractivity contribution in [2.75, 3.05) is 6.61 Å². The first-order valence-corrected chi connectivity index (χ1v) is 7.70. The minimum atomic E-state index is -3.75. The Morgan fingerprint density at radius 3 is 2.50 bits per heavy atom. The molecule has 0 amide bonds. The molecule has 5 heteroatoms. The maximum Gasteiger partial charge on any atom is 0.241 e. The quantitative estimate of drug-likeness (QED) is 0.809. The number of benzene rings is 1. The summed E-state index contributed by atoms with van der Waals surface area (Å²) in [5, 5.41) is 5.22. The molecule has 0 aromatic heterocycles. The molecule has 4 nitrogen and oxygen atoms in total. The molecular weight excluding hydrogens is 250 g/mol. The number of unbranched alkanes of at least 4 members (excludes halogenated alkanes) is 1. The zero-order chi connectivity index (χ0) is 13.8. The second kappa shape index (κ2) is 6.20. The predicted molar refractivity (Wildman–Crippen MR) is 72.3 cm³/mol. The van der Waals surface area contributed by atoms with Crippen molar-refractivity contribution in [3.63, 3.8) is 0 Å². The van der Waals surface area contributed by atoms with Crippen LogP contribution in [0.5, 0.6) is 5.75 Å². The molecule has 1 rings (SSSR count). The van der Waals surface area contributed by atoms with Crippen molar-refractivity contribution >= 4 is 10.0 Å². The zero-order valence-corrected chi connectivity index (χ0v) is 12.0. The molecule has 0 saturated carbocycles. The Balaban J connectivity index is 3.10. The molecule has 0 unspecified atom stereocenters. The normalized spacial score (nSPS) is 11.8. The van der Waals surface area contributed by atoms with Crippen LogP contribution in [0, 0.1) is 0 Å². The molecule has 102 valence electrons. The van der Waals surface area contributed by atoms with Gasteiger partial charge in [0, 0.05) is 0 Å². The summed E-state index contributed by atoms with van der Waals surface area (Å²) >= 11 is 0. The summed E-state index contributed by atoms with van der Waals surface area (Å²) in [5.74, 6) is 0.588. The number of primary sulfonamides is 1. The third-order valence-corrected chi connectivity index (χ3v) is 3.63. The van der Waals surface area contributed by atoms with Crippen LogP contribution in [0.25, 0.3) is 0 Å². The lowest BCUT2D eigenvalue weighted by atomic mass is 10.0. The highest BCUT2D eigenvalue weighted by Crippen LogP contribution is 2.27. The molecule has 0 bridgehead atoms. The lowest BCUT2D eigenvalue weighted by Gasteiger charge is -2.13. The predicted octanol–water partition coefficient (Wildman–Crippen LogP) is 2.64. The van der Waals surface area contributed by atoms with Gasteiger partial charge in [-0.1, -0.05) is 33.3 Å². The Morgan fingerprint density at radius 1 is 1.33 bits per heavy atom. The fraction of sp³-hybridized carbons (Fsp3) is 0.538. The van der Waals surface area contributed by atoms with E-state index in [1.54, 1.807) is 12.1 Å². The molecular formula is C13H21NO3S. The van der Waals surface area contributed by atoms with E-state index in [-0.39, 0.29) is 10.8 Å². The van der Waals surface area contributed by atoms with Crippen LogP contribution in [0.4, 0.5) is 0 Å². The van der Waals surface area contributed by atoms with E-state index in [1.165, 1.54) is 0 Å². The average Bonchev–Trinajstić information content (AvgIpc) is 2.28. The molecule has 1 aromatic rings. The van der Waals surface area contributed by atoms with Gasteiger partial charge in [0.05, 0.1) is 6.61 Å². The van der Waals surface area contributed by atoms with Gasteiger partial charge in [-0.05, 0) is 30.0 Å². The van der Waals surface area contributed by atoms with Crippen molar-refractivity contribution in [2.45, 2.75) is 44.4 Å². The monoisotopic (exact) mass is 271 g/mol. The van der Waals surface area contributed by atoms with E-state index < -0.39 is 10.0 Å². The molecule has 0 atom stereocenters. The van der Waals surface area contributed by atoms with E-state index in [0.29, 0.717) is 12.4 Å². The Hall–Kier alpha value is -1.07.